The molecule has 0 saturated carbocycles. The molecule has 8 nitrogen and oxygen atoms in total. The van der Waals surface area contributed by atoms with Crippen LogP contribution in [0, 0.1) is 15.9 Å². The third-order valence-electron chi connectivity index (χ3n) is 5.73. The van der Waals surface area contributed by atoms with E-state index in [2.05, 4.69) is 0 Å². The van der Waals surface area contributed by atoms with Crippen LogP contribution in [0.25, 0.3) is 0 Å². The standard InChI is InChI=1S/C20H22FN3O5S/c1-29-15-11-17(21)20(24(25)26)19(12-15)22-9-4-6-16(13-22)30(27,28)23-10-8-14-5-2-3-7-18(14)23/h2-3,5,7,11-12,16H,4,6,8-10,13H2,1H3. The van der Waals surface area contributed by atoms with Gasteiger partial charge < -0.3 is 9.64 Å². The number of benzene rings is 2. The Balaban J connectivity index is 1.66. The van der Waals surface area contributed by atoms with Gasteiger partial charge in [-0.15, -0.1) is 0 Å². The number of hydrogen-bond donors (Lipinski definition) is 0. The molecule has 0 aliphatic carbocycles. The van der Waals surface area contributed by atoms with Crippen LogP contribution in [0.15, 0.2) is 36.4 Å². The van der Waals surface area contributed by atoms with E-state index in [0.29, 0.717) is 38.0 Å². The molecular weight excluding hydrogens is 413 g/mol. The Morgan fingerprint density at radius 2 is 1.97 bits per heavy atom. The average molecular weight is 435 g/mol. The van der Waals surface area contributed by atoms with E-state index in [0.717, 1.165) is 11.6 Å². The second kappa shape index (κ2) is 7.75. The largest absolute Gasteiger partial charge is 0.497 e. The van der Waals surface area contributed by atoms with E-state index in [1.54, 1.807) is 11.0 Å². The van der Waals surface area contributed by atoms with Crippen molar-refractivity contribution in [2.45, 2.75) is 24.5 Å². The number of anilines is 2. The van der Waals surface area contributed by atoms with Gasteiger partial charge in [0.1, 0.15) is 11.4 Å². The summed E-state index contributed by atoms with van der Waals surface area (Å²) in [6.45, 7) is 0.830. The van der Waals surface area contributed by atoms with Crippen LogP contribution in [0.3, 0.4) is 0 Å². The molecule has 2 aromatic rings. The zero-order chi connectivity index (χ0) is 21.5. The number of rotatable bonds is 5. The van der Waals surface area contributed by atoms with Crippen molar-refractivity contribution >= 4 is 27.1 Å². The van der Waals surface area contributed by atoms with Gasteiger partial charge in [-0.25, -0.2) is 8.42 Å². The molecule has 2 aromatic carbocycles. The summed E-state index contributed by atoms with van der Waals surface area (Å²) in [5.41, 5.74) is 1.05. The number of methoxy groups -OCH3 is 1. The van der Waals surface area contributed by atoms with Crippen molar-refractivity contribution < 1.29 is 22.5 Å². The number of nitro groups is 1. The maximum absolute atomic E-state index is 14.4. The van der Waals surface area contributed by atoms with Gasteiger partial charge in [-0.1, -0.05) is 18.2 Å². The van der Waals surface area contributed by atoms with E-state index < -0.39 is 31.7 Å². The molecule has 0 spiro atoms. The zero-order valence-electron chi connectivity index (χ0n) is 16.5. The fourth-order valence-corrected chi connectivity index (χ4v) is 6.24. The normalized spacial score (nSPS) is 18.9. The highest BCUT2D eigenvalue weighted by Gasteiger charge is 2.39. The molecule has 2 heterocycles. The van der Waals surface area contributed by atoms with Crippen LogP contribution in [0.4, 0.5) is 21.5 Å². The second-order valence-corrected chi connectivity index (χ2v) is 9.58. The molecule has 1 atom stereocenters. The summed E-state index contributed by atoms with van der Waals surface area (Å²) < 4.78 is 47.7. The topological polar surface area (TPSA) is 93.0 Å². The molecule has 0 N–H and O–H groups in total. The second-order valence-electron chi connectivity index (χ2n) is 7.44. The van der Waals surface area contributed by atoms with Crippen molar-refractivity contribution in [1.82, 2.24) is 0 Å². The summed E-state index contributed by atoms with van der Waals surface area (Å²) in [6, 6.07) is 9.75. The Morgan fingerprint density at radius 3 is 2.70 bits per heavy atom. The van der Waals surface area contributed by atoms with Gasteiger partial charge in [-0.3, -0.25) is 14.4 Å². The third kappa shape index (κ3) is 3.45. The molecule has 1 saturated heterocycles. The number of para-hydroxylation sites is 1. The highest BCUT2D eigenvalue weighted by molar-refractivity contribution is 7.93. The first-order chi connectivity index (χ1) is 14.3. The first-order valence-electron chi connectivity index (χ1n) is 9.69. The van der Waals surface area contributed by atoms with Crippen LogP contribution in [0.1, 0.15) is 18.4 Å². The van der Waals surface area contributed by atoms with Crippen LogP contribution in [-0.2, 0) is 16.4 Å². The van der Waals surface area contributed by atoms with Crippen molar-refractivity contribution in [2.24, 2.45) is 0 Å². The van der Waals surface area contributed by atoms with Crippen molar-refractivity contribution in [3.8, 4) is 5.75 Å². The highest BCUT2D eigenvalue weighted by Crippen LogP contribution is 2.38. The van der Waals surface area contributed by atoms with E-state index in [4.69, 9.17) is 4.74 Å². The zero-order valence-corrected chi connectivity index (χ0v) is 17.3. The van der Waals surface area contributed by atoms with Crippen LogP contribution in [0.2, 0.25) is 0 Å². The van der Waals surface area contributed by atoms with Crippen molar-refractivity contribution in [3.63, 3.8) is 0 Å². The van der Waals surface area contributed by atoms with Gasteiger partial charge in [-0.2, -0.15) is 4.39 Å². The third-order valence-corrected chi connectivity index (χ3v) is 7.95. The Kier molecular flexibility index (Phi) is 5.27. The maximum Gasteiger partial charge on any atom is 0.328 e. The molecule has 0 amide bonds. The first-order valence-corrected chi connectivity index (χ1v) is 11.2. The summed E-state index contributed by atoms with van der Waals surface area (Å²) in [6.07, 6.45) is 1.62. The molecule has 0 bridgehead atoms. The molecular formula is C20H22FN3O5S. The van der Waals surface area contributed by atoms with Gasteiger partial charge >= 0.3 is 5.69 Å². The Hall–Kier alpha value is -2.88. The average Bonchev–Trinajstić information content (AvgIpc) is 3.18. The molecule has 2 aliphatic rings. The maximum atomic E-state index is 14.4. The van der Waals surface area contributed by atoms with Crippen LogP contribution in [0.5, 0.6) is 5.75 Å². The molecule has 160 valence electrons. The van der Waals surface area contributed by atoms with Gasteiger partial charge in [0.25, 0.3) is 0 Å². The summed E-state index contributed by atoms with van der Waals surface area (Å²) in [5.74, 6) is -0.862. The van der Waals surface area contributed by atoms with Crippen LogP contribution in [-0.4, -0.2) is 45.3 Å². The van der Waals surface area contributed by atoms with E-state index in [1.165, 1.54) is 17.5 Å². The lowest BCUT2D eigenvalue weighted by atomic mass is 10.1. The lowest BCUT2D eigenvalue weighted by Gasteiger charge is -2.36. The highest BCUT2D eigenvalue weighted by atomic mass is 32.2. The smallest absolute Gasteiger partial charge is 0.328 e. The number of fused-ring (bicyclic) bond motifs is 1. The van der Waals surface area contributed by atoms with Crippen molar-refractivity contribution in [1.29, 1.82) is 0 Å². The van der Waals surface area contributed by atoms with Gasteiger partial charge in [0, 0.05) is 31.8 Å². The fraction of sp³-hybridized carbons (Fsp3) is 0.400. The Bertz CT molecular complexity index is 1090. The molecule has 30 heavy (non-hydrogen) atoms. The number of ether oxygens (including phenoxy) is 1. The van der Waals surface area contributed by atoms with E-state index in [9.17, 15) is 22.9 Å². The van der Waals surface area contributed by atoms with Gasteiger partial charge in [-0.05, 0) is 30.9 Å². The molecule has 2 aliphatic heterocycles. The summed E-state index contributed by atoms with van der Waals surface area (Å²) in [4.78, 5) is 12.3. The summed E-state index contributed by atoms with van der Waals surface area (Å²) in [7, 11) is -2.33. The van der Waals surface area contributed by atoms with Gasteiger partial charge in [0.05, 0.1) is 23.0 Å². The molecule has 4 rings (SSSR count). The molecule has 0 radical (unpaired) electrons. The Morgan fingerprint density at radius 1 is 1.20 bits per heavy atom. The van der Waals surface area contributed by atoms with Crippen LogP contribution >= 0.6 is 0 Å². The quantitative estimate of drug-likeness (QED) is 0.529. The minimum atomic E-state index is -3.68. The molecule has 1 unspecified atom stereocenters. The predicted molar refractivity (Wildman–Crippen MR) is 111 cm³/mol. The fourth-order valence-electron chi connectivity index (χ4n) is 4.25. The summed E-state index contributed by atoms with van der Waals surface area (Å²) in [5, 5.41) is 10.7. The van der Waals surface area contributed by atoms with Gasteiger partial charge in [0.15, 0.2) is 0 Å². The number of halogens is 1. The number of hydrogen-bond acceptors (Lipinski definition) is 6. The minimum absolute atomic E-state index is 0.0403. The number of piperidine rings is 1. The predicted octanol–water partition coefficient (Wildman–Crippen LogP) is 3.10. The van der Waals surface area contributed by atoms with Crippen molar-refractivity contribution in [2.75, 3.05) is 35.9 Å². The van der Waals surface area contributed by atoms with Crippen molar-refractivity contribution in [3.05, 3.63) is 57.9 Å². The molecule has 10 heteroatoms. The number of nitrogens with zero attached hydrogens (tertiary/aromatic N) is 3. The van der Waals surface area contributed by atoms with Crippen LogP contribution < -0.4 is 13.9 Å². The number of sulfonamides is 1. The SMILES string of the molecule is COc1cc(F)c([N+](=O)[O-])c(N2CCCC(S(=O)(=O)N3CCc4ccccc43)C2)c1. The number of nitro benzene ring substituents is 1. The first kappa shape index (κ1) is 20.4. The summed E-state index contributed by atoms with van der Waals surface area (Å²) >= 11 is 0. The molecule has 1 fully saturated rings. The lowest BCUT2D eigenvalue weighted by molar-refractivity contribution is -0.386. The monoisotopic (exact) mass is 435 g/mol. The Labute approximate surface area is 174 Å². The van der Waals surface area contributed by atoms with E-state index in [-0.39, 0.29) is 18.0 Å². The minimum Gasteiger partial charge on any atom is -0.497 e. The van der Waals surface area contributed by atoms with E-state index >= 15 is 0 Å². The van der Waals surface area contributed by atoms with Gasteiger partial charge in [0.2, 0.25) is 15.8 Å². The lowest BCUT2D eigenvalue weighted by Crippen LogP contribution is -2.48. The van der Waals surface area contributed by atoms with E-state index in [1.807, 2.05) is 18.2 Å². The molecule has 0 aromatic heterocycles.